The van der Waals surface area contributed by atoms with Crippen molar-refractivity contribution in [3.8, 4) is 17.2 Å². The molecule has 0 saturated heterocycles. The zero-order chi connectivity index (χ0) is 9.30. The van der Waals surface area contributed by atoms with Crippen molar-refractivity contribution in [3.05, 3.63) is 17.7 Å². The predicted molar refractivity (Wildman–Crippen MR) is 36.9 cm³/mol. The Morgan fingerprint density at radius 2 is 1.57 bits per heavy atom. The second-order valence-corrected chi connectivity index (χ2v) is 2.15. The number of phenols is 2. The smallest absolute Gasteiger partial charge is 2.00 e. The molecule has 0 saturated carbocycles. The standard InChI is InChI=1S/C7H6O5.La.O/c8-4-1-3(7(11)12)2-5(9)6(4)10;;/h1-2,8-10H,(H,11,12);;/q;+3;-2/p-1. The molecular formula is C7H5LaO6. The Morgan fingerprint density at radius 3 is 1.86 bits per heavy atom. The molecule has 0 aliphatic rings. The number of carboxylic acid groups (broad SMARTS) is 1. The molecule has 1 aromatic carbocycles. The van der Waals surface area contributed by atoms with Crippen LogP contribution in [0, 0.1) is 35.6 Å². The Kier molecular flexibility index (Phi) is 6.58. The van der Waals surface area contributed by atoms with E-state index in [4.69, 9.17) is 15.3 Å². The Hall–Kier alpha value is -0.755. The van der Waals surface area contributed by atoms with Gasteiger partial charge in [-0.1, -0.05) is 0 Å². The minimum absolute atomic E-state index is 0. The van der Waals surface area contributed by atoms with Crippen molar-refractivity contribution in [2.24, 2.45) is 0 Å². The van der Waals surface area contributed by atoms with Gasteiger partial charge in [0.05, 0.1) is 5.56 Å². The number of carboxylic acids is 1. The third-order valence-corrected chi connectivity index (χ3v) is 1.30. The molecule has 0 radical (unpaired) electrons. The van der Waals surface area contributed by atoms with Crippen LogP contribution in [0.25, 0.3) is 0 Å². The van der Waals surface area contributed by atoms with Crippen LogP contribution in [0.3, 0.4) is 0 Å². The summed E-state index contributed by atoms with van der Waals surface area (Å²) in [4.78, 5) is 10.3. The number of hydrogen-bond acceptors (Lipinski definition) is 4. The Balaban J connectivity index is 0. The first kappa shape index (κ1) is 15.7. The molecule has 0 atom stereocenters. The van der Waals surface area contributed by atoms with Crippen LogP contribution < -0.4 is 5.11 Å². The maximum atomic E-state index is 10.7. The number of hydrogen-bond donors (Lipinski definition) is 3. The maximum Gasteiger partial charge on any atom is 3.00 e. The molecule has 1 rings (SSSR count). The number of aromatic hydroxyl groups is 2. The molecule has 0 heterocycles. The van der Waals surface area contributed by atoms with Gasteiger partial charge in [-0.2, -0.15) is 0 Å². The molecule has 0 amide bonds. The van der Waals surface area contributed by atoms with Gasteiger partial charge in [0.25, 0.3) is 0 Å². The number of carbonyl (C=O) groups is 1. The van der Waals surface area contributed by atoms with E-state index in [-0.39, 0.29) is 46.6 Å². The van der Waals surface area contributed by atoms with E-state index in [0.29, 0.717) is 0 Å². The van der Waals surface area contributed by atoms with E-state index in [1.165, 1.54) is 0 Å². The second kappa shape index (κ2) is 5.87. The van der Waals surface area contributed by atoms with Crippen molar-refractivity contribution in [1.82, 2.24) is 0 Å². The van der Waals surface area contributed by atoms with Gasteiger partial charge in [0, 0.05) is 0 Å². The molecule has 0 aliphatic heterocycles. The summed E-state index contributed by atoms with van der Waals surface area (Å²) < 4.78 is 0. The minimum Gasteiger partial charge on any atom is -2.00 e. The molecule has 3 N–H and O–H groups in total. The van der Waals surface area contributed by atoms with E-state index in [1.54, 1.807) is 0 Å². The summed E-state index contributed by atoms with van der Waals surface area (Å²) in [5.74, 6) is -3.83. The van der Waals surface area contributed by atoms with Crippen molar-refractivity contribution in [1.29, 1.82) is 0 Å². The van der Waals surface area contributed by atoms with Gasteiger partial charge in [-0.25, -0.2) is 4.79 Å². The normalized spacial score (nSPS) is 8.29. The first-order chi connectivity index (χ1) is 5.52. The summed E-state index contributed by atoms with van der Waals surface area (Å²) in [6.07, 6.45) is 0. The Labute approximate surface area is 107 Å². The molecule has 0 unspecified atom stereocenters. The monoisotopic (exact) mass is 324 g/mol. The molecule has 72 valence electrons. The fourth-order valence-electron chi connectivity index (χ4n) is 0.722. The topological polar surface area (TPSA) is 129 Å². The van der Waals surface area contributed by atoms with E-state index < -0.39 is 23.2 Å². The van der Waals surface area contributed by atoms with Crippen LogP contribution in [-0.2, 0) is 5.48 Å². The van der Waals surface area contributed by atoms with E-state index in [9.17, 15) is 9.90 Å². The molecule has 0 bridgehead atoms. The summed E-state index contributed by atoms with van der Waals surface area (Å²) in [6, 6.07) is 1.56. The van der Waals surface area contributed by atoms with Crippen LogP contribution in [-0.4, -0.2) is 21.3 Å². The average molecular weight is 324 g/mol. The number of aromatic carboxylic acids is 1. The van der Waals surface area contributed by atoms with Crippen LogP contribution in [0.1, 0.15) is 10.4 Å². The zero-order valence-electron chi connectivity index (χ0n) is 6.80. The molecular weight excluding hydrogens is 319 g/mol. The summed E-state index contributed by atoms with van der Waals surface area (Å²) in [6.45, 7) is 0. The van der Waals surface area contributed by atoms with E-state index in [1.807, 2.05) is 0 Å². The molecule has 7 heteroatoms. The molecule has 0 spiro atoms. The number of benzene rings is 1. The fraction of sp³-hybridized carbons (Fsp3) is 0. The summed E-state index contributed by atoms with van der Waals surface area (Å²) >= 11 is 0. The van der Waals surface area contributed by atoms with Crippen LogP contribution in [0.4, 0.5) is 0 Å². The summed E-state index contributed by atoms with van der Waals surface area (Å²) in [5, 5.41) is 36.6. The summed E-state index contributed by atoms with van der Waals surface area (Å²) in [7, 11) is 0. The molecule has 1 aromatic rings. The van der Waals surface area contributed by atoms with Crippen molar-refractivity contribution >= 4 is 5.97 Å². The first-order valence-electron chi connectivity index (χ1n) is 2.98. The Morgan fingerprint density at radius 1 is 1.21 bits per heavy atom. The van der Waals surface area contributed by atoms with Crippen molar-refractivity contribution in [2.45, 2.75) is 0 Å². The third-order valence-electron chi connectivity index (χ3n) is 1.30. The largest absolute Gasteiger partial charge is 3.00 e. The molecule has 0 fully saturated rings. The van der Waals surface area contributed by atoms with Crippen LogP contribution >= 0.6 is 0 Å². The van der Waals surface area contributed by atoms with Gasteiger partial charge in [0.2, 0.25) is 0 Å². The van der Waals surface area contributed by atoms with Crippen LogP contribution in [0.2, 0.25) is 0 Å². The van der Waals surface area contributed by atoms with E-state index >= 15 is 0 Å². The number of phenolic OH excluding ortho intramolecular Hbond substituents is 2. The van der Waals surface area contributed by atoms with E-state index in [2.05, 4.69) is 0 Å². The third kappa shape index (κ3) is 3.19. The average Bonchev–Trinajstić information content (AvgIpc) is 1.99. The summed E-state index contributed by atoms with van der Waals surface area (Å²) in [5.41, 5.74) is -0.329. The maximum absolute atomic E-state index is 10.7. The van der Waals surface area contributed by atoms with Gasteiger partial charge in [0.1, 0.15) is 11.5 Å². The van der Waals surface area contributed by atoms with Gasteiger partial charge >= 0.3 is 41.6 Å². The zero-order valence-corrected chi connectivity index (χ0v) is 10.4. The molecule has 14 heavy (non-hydrogen) atoms. The SMILES string of the molecule is O=C(O)c1cc(O)c([O-])c(O)c1.[La+3].[O-2]. The van der Waals surface area contributed by atoms with Crippen molar-refractivity contribution < 1.29 is 66.3 Å². The van der Waals surface area contributed by atoms with Crippen molar-refractivity contribution in [3.63, 3.8) is 0 Å². The van der Waals surface area contributed by atoms with Gasteiger partial charge in [-0.3, -0.25) is 0 Å². The minimum atomic E-state index is -1.32. The van der Waals surface area contributed by atoms with Crippen LogP contribution in [0.5, 0.6) is 17.2 Å². The Bertz CT molecular complexity index is 314. The fourth-order valence-corrected chi connectivity index (χ4v) is 0.722. The number of rotatable bonds is 1. The first-order valence-corrected chi connectivity index (χ1v) is 2.98. The van der Waals surface area contributed by atoms with Gasteiger partial charge in [-0.15, -0.1) is 0 Å². The molecule has 0 aromatic heterocycles. The van der Waals surface area contributed by atoms with Gasteiger partial charge < -0.3 is 25.9 Å². The quantitative estimate of drug-likeness (QED) is 0.656. The molecule has 0 aliphatic carbocycles. The van der Waals surface area contributed by atoms with Crippen molar-refractivity contribution in [2.75, 3.05) is 0 Å². The molecule has 6 nitrogen and oxygen atoms in total. The second-order valence-electron chi connectivity index (χ2n) is 2.15. The van der Waals surface area contributed by atoms with E-state index in [0.717, 1.165) is 12.1 Å². The van der Waals surface area contributed by atoms with Crippen LogP contribution in [0.15, 0.2) is 12.1 Å². The van der Waals surface area contributed by atoms with Gasteiger partial charge in [-0.05, 0) is 17.9 Å². The predicted octanol–water partition coefficient (Wildman–Crippen LogP) is -0.249. The van der Waals surface area contributed by atoms with Gasteiger partial charge in [0.15, 0.2) is 0 Å².